The molecular formula is C17H19N3O4S. The SMILES string of the molecule is CC(C)NC(=O)NC(=O)COC(=O)Cc1csc(-c2ccccc2)n1. The number of nitrogens with zero attached hydrogens (tertiary/aromatic N) is 1. The molecule has 0 aliphatic rings. The van der Waals surface area contributed by atoms with E-state index in [1.807, 2.05) is 30.3 Å². The number of thiazole rings is 1. The predicted octanol–water partition coefficient (Wildman–Crippen LogP) is 2.13. The van der Waals surface area contributed by atoms with Crippen LogP contribution in [0.2, 0.25) is 0 Å². The number of esters is 1. The summed E-state index contributed by atoms with van der Waals surface area (Å²) in [7, 11) is 0. The molecule has 2 rings (SSSR count). The van der Waals surface area contributed by atoms with E-state index in [0.717, 1.165) is 10.6 Å². The summed E-state index contributed by atoms with van der Waals surface area (Å²) in [5.41, 5.74) is 1.55. The number of carbonyl (C=O) groups is 3. The summed E-state index contributed by atoms with van der Waals surface area (Å²) in [6.45, 7) is 3.02. The van der Waals surface area contributed by atoms with Crippen molar-refractivity contribution in [1.29, 1.82) is 0 Å². The number of amides is 3. The molecule has 0 bridgehead atoms. The zero-order valence-electron chi connectivity index (χ0n) is 13.9. The Morgan fingerprint density at radius 2 is 1.92 bits per heavy atom. The molecule has 0 fully saturated rings. The molecule has 1 heterocycles. The highest BCUT2D eigenvalue weighted by atomic mass is 32.1. The quantitative estimate of drug-likeness (QED) is 0.768. The lowest BCUT2D eigenvalue weighted by atomic mass is 10.2. The molecule has 0 atom stereocenters. The van der Waals surface area contributed by atoms with E-state index >= 15 is 0 Å². The van der Waals surface area contributed by atoms with Crippen LogP contribution in [0.5, 0.6) is 0 Å². The fourth-order valence-corrected chi connectivity index (χ4v) is 2.73. The number of nitrogens with one attached hydrogen (secondary N) is 2. The molecule has 3 amide bonds. The molecule has 0 aliphatic heterocycles. The maximum atomic E-state index is 11.8. The number of rotatable bonds is 6. The summed E-state index contributed by atoms with van der Waals surface area (Å²) >= 11 is 1.43. The Balaban J connectivity index is 1.78. The fraction of sp³-hybridized carbons (Fsp3) is 0.294. The Morgan fingerprint density at radius 1 is 1.20 bits per heavy atom. The molecule has 1 aromatic heterocycles. The minimum absolute atomic E-state index is 0.0329. The summed E-state index contributed by atoms with van der Waals surface area (Å²) in [5.74, 6) is -1.26. The highest BCUT2D eigenvalue weighted by Crippen LogP contribution is 2.23. The Kier molecular flexibility index (Phi) is 6.64. The molecule has 7 nitrogen and oxygen atoms in total. The van der Waals surface area contributed by atoms with Crippen molar-refractivity contribution >= 4 is 29.2 Å². The van der Waals surface area contributed by atoms with E-state index in [9.17, 15) is 14.4 Å². The van der Waals surface area contributed by atoms with Crippen LogP contribution in [0, 0.1) is 0 Å². The molecule has 2 N–H and O–H groups in total. The first kappa shape index (κ1) is 18.6. The van der Waals surface area contributed by atoms with Gasteiger partial charge in [0.25, 0.3) is 5.91 Å². The molecule has 0 spiro atoms. The van der Waals surface area contributed by atoms with Crippen molar-refractivity contribution in [1.82, 2.24) is 15.6 Å². The van der Waals surface area contributed by atoms with Crippen molar-refractivity contribution in [2.45, 2.75) is 26.3 Å². The van der Waals surface area contributed by atoms with Crippen molar-refractivity contribution in [2.75, 3.05) is 6.61 Å². The summed E-state index contributed by atoms with van der Waals surface area (Å²) < 4.78 is 4.86. The first-order valence-corrected chi connectivity index (χ1v) is 8.58. The molecule has 0 saturated carbocycles. The van der Waals surface area contributed by atoms with Gasteiger partial charge in [-0.15, -0.1) is 11.3 Å². The highest BCUT2D eigenvalue weighted by Gasteiger charge is 2.13. The second-order valence-corrected chi connectivity index (χ2v) is 6.38. The second kappa shape index (κ2) is 8.93. The van der Waals surface area contributed by atoms with Crippen LogP contribution in [0.15, 0.2) is 35.7 Å². The van der Waals surface area contributed by atoms with Gasteiger partial charge in [-0.3, -0.25) is 14.9 Å². The van der Waals surface area contributed by atoms with E-state index in [1.165, 1.54) is 11.3 Å². The normalized spacial score (nSPS) is 10.4. The van der Waals surface area contributed by atoms with Gasteiger partial charge in [0.2, 0.25) is 0 Å². The van der Waals surface area contributed by atoms with E-state index < -0.39 is 24.5 Å². The number of hydrogen-bond donors (Lipinski definition) is 2. The average Bonchev–Trinajstić information content (AvgIpc) is 3.01. The smallest absolute Gasteiger partial charge is 0.321 e. The highest BCUT2D eigenvalue weighted by molar-refractivity contribution is 7.13. The minimum Gasteiger partial charge on any atom is -0.455 e. The molecule has 0 aliphatic carbocycles. The first-order valence-electron chi connectivity index (χ1n) is 7.70. The second-order valence-electron chi connectivity index (χ2n) is 5.52. The monoisotopic (exact) mass is 361 g/mol. The van der Waals surface area contributed by atoms with Crippen LogP contribution >= 0.6 is 11.3 Å². The van der Waals surface area contributed by atoms with E-state index in [2.05, 4.69) is 15.6 Å². The van der Waals surface area contributed by atoms with Gasteiger partial charge in [-0.25, -0.2) is 9.78 Å². The molecular weight excluding hydrogens is 342 g/mol. The van der Waals surface area contributed by atoms with Crippen LogP contribution < -0.4 is 10.6 Å². The molecule has 0 radical (unpaired) electrons. The van der Waals surface area contributed by atoms with Crippen LogP contribution in [-0.2, 0) is 20.7 Å². The molecule has 132 valence electrons. The van der Waals surface area contributed by atoms with Gasteiger partial charge >= 0.3 is 12.0 Å². The Hall–Kier alpha value is -2.74. The van der Waals surface area contributed by atoms with Crippen LogP contribution in [0.3, 0.4) is 0 Å². The maximum absolute atomic E-state index is 11.8. The summed E-state index contributed by atoms with van der Waals surface area (Å²) in [6.07, 6.45) is -0.0329. The number of ether oxygens (including phenoxy) is 1. The van der Waals surface area contributed by atoms with Gasteiger partial charge < -0.3 is 10.1 Å². The molecule has 2 aromatic rings. The molecule has 8 heteroatoms. The lowest BCUT2D eigenvalue weighted by Gasteiger charge is -2.09. The number of aromatic nitrogens is 1. The van der Waals surface area contributed by atoms with Gasteiger partial charge in [-0.2, -0.15) is 0 Å². The first-order chi connectivity index (χ1) is 11.9. The van der Waals surface area contributed by atoms with Gasteiger partial charge in [0.15, 0.2) is 6.61 Å². The molecule has 1 aromatic carbocycles. The van der Waals surface area contributed by atoms with Crippen molar-refractivity contribution < 1.29 is 19.1 Å². The Bertz CT molecular complexity index is 743. The molecule has 0 saturated heterocycles. The summed E-state index contributed by atoms with van der Waals surface area (Å²) in [5, 5.41) is 7.16. The fourth-order valence-electron chi connectivity index (χ4n) is 1.91. The van der Waals surface area contributed by atoms with Gasteiger partial charge in [-0.05, 0) is 13.8 Å². The summed E-state index contributed by atoms with van der Waals surface area (Å²) in [6, 6.07) is 8.90. The largest absolute Gasteiger partial charge is 0.455 e. The third-order valence-corrected chi connectivity index (χ3v) is 3.88. The van der Waals surface area contributed by atoms with Crippen LogP contribution in [-0.4, -0.2) is 35.5 Å². The topological polar surface area (TPSA) is 97.4 Å². The predicted molar refractivity (Wildman–Crippen MR) is 94.0 cm³/mol. The lowest BCUT2D eigenvalue weighted by Crippen LogP contribution is -2.44. The third-order valence-electron chi connectivity index (χ3n) is 2.93. The van der Waals surface area contributed by atoms with Crippen LogP contribution in [0.1, 0.15) is 19.5 Å². The van der Waals surface area contributed by atoms with Gasteiger partial charge in [0.05, 0.1) is 12.1 Å². The number of urea groups is 1. The van der Waals surface area contributed by atoms with Crippen LogP contribution in [0.25, 0.3) is 10.6 Å². The number of hydrogen-bond acceptors (Lipinski definition) is 6. The van der Waals surface area contributed by atoms with E-state index in [1.54, 1.807) is 19.2 Å². The number of imide groups is 1. The minimum atomic E-state index is -0.685. The van der Waals surface area contributed by atoms with Crippen molar-refractivity contribution in [3.8, 4) is 10.6 Å². The van der Waals surface area contributed by atoms with Crippen LogP contribution in [0.4, 0.5) is 4.79 Å². The number of carbonyl (C=O) groups excluding carboxylic acids is 3. The Morgan fingerprint density at radius 3 is 2.60 bits per heavy atom. The zero-order chi connectivity index (χ0) is 18.2. The van der Waals surface area contributed by atoms with E-state index in [-0.39, 0.29) is 12.5 Å². The molecule has 0 unspecified atom stereocenters. The lowest BCUT2D eigenvalue weighted by molar-refractivity contribution is -0.147. The number of benzene rings is 1. The van der Waals surface area contributed by atoms with Gasteiger partial charge in [0, 0.05) is 17.0 Å². The van der Waals surface area contributed by atoms with Gasteiger partial charge in [0.1, 0.15) is 5.01 Å². The van der Waals surface area contributed by atoms with Crippen molar-refractivity contribution in [3.05, 3.63) is 41.4 Å². The van der Waals surface area contributed by atoms with E-state index in [0.29, 0.717) is 5.69 Å². The molecule has 25 heavy (non-hydrogen) atoms. The van der Waals surface area contributed by atoms with Gasteiger partial charge in [-0.1, -0.05) is 30.3 Å². The van der Waals surface area contributed by atoms with E-state index in [4.69, 9.17) is 4.74 Å². The standard InChI is InChI=1S/C17H19N3O4S/c1-11(2)18-17(23)20-14(21)9-24-15(22)8-13-10-25-16(19-13)12-6-4-3-5-7-12/h3-7,10-11H,8-9H2,1-2H3,(H2,18,20,21,23). The maximum Gasteiger partial charge on any atom is 0.321 e. The average molecular weight is 361 g/mol. The Labute approximate surface area is 149 Å². The van der Waals surface area contributed by atoms with Crippen molar-refractivity contribution in [3.63, 3.8) is 0 Å². The van der Waals surface area contributed by atoms with Crippen molar-refractivity contribution in [2.24, 2.45) is 0 Å². The third kappa shape index (κ3) is 6.34. The summed E-state index contributed by atoms with van der Waals surface area (Å²) in [4.78, 5) is 39.0. The zero-order valence-corrected chi connectivity index (χ0v) is 14.8.